The Kier molecular flexibility index (Phi) is 2.29. The molecule has 0 bridgehead atoms. The first-order valence-corrected chi connectivity index (χ1v) is 4.60. The van der Waals surface area contributed by atoms with Crippen LogP contribution in [0.2, 0.25) is 0 Å². The third kappa shape index (κ3) is 1.76. The molecule has 0 saturated carbocycles. The van der Waals surface area contributed by atoms with Gasteiger partial charge in [-0.1, -0.05) is 30.3 Å². The van der Waals surface area contributed by atoms with Crippen molar-refractivity contribution in [3.05, 3.63) is 42.0 Å². The SMILES string of the molecule is O=C(O)Cc1ccc(O)c2ccccc12. The average molecular weight is 202 g/mol. The van der Waals surface area contributed by atoms with Crippen LogP contribution in [0.4, 0.5) is 0 Å². The molecule has 0 saturated heterocycles. The molecule has 15 heavy (non-hydrogen) atoms. The molecule has 0 heterocycles. The lowest BCUT2D eigenvalue weighted by Gasteiger charge is -2.05. The van der Waals surface area contributed by atoms with E-state index >= 15 is 0 Å². The van der Waals surface area contributed by atoms with Gasteiger partial charge in [0.1, 0.15) is 5.75 Å². The van der Waals surface area contributed by atoms with E-state index in [-0.39, 0.29) is 12.2 Å². The molecular weight excluding hydrogens is 192 g/mol. The molecule has 0 atom stereocenters. The lowest BCUT2D eigenvalue weighted by atomic mass is 10.0. The molecule has 0 aliphatic rings. The van der Waals surface area contributed by atoms with Crippen LogP contribution >= 0.6 is 0 Å². The summed E-state index contributed by atoms with van der Waals surface area (Å²) in [7, 11) is 0. The molecule has 0 aromatic heterocycles. The van der Waals surface area contributed by atoms with E-state index in [4.69, 9.17) is 5.11 Å². The van der Waals surface area contributed by atoms with Crippen LogP contribution in [0.25, 0.3) is 10.8 Å². The number of hydrogen-bond donors (Lipinski definition) is 2. The Labute approximate surface area is 86.6 Å². The molecule has 0 spiro atoms. The maximum absolute atomic E-state index is 10.6. The van der Waals surface area contributed by atoms with Crippen molar-refractivity contribution >= 4 is 16.7 Å². The van der Waals surface area contributed by atoms with Gasteiger partial charge in [0.25, 0.3) is 0 Å². The Morgan fingerprint density at radius 1 is 1.07 bits per heavy atom. The fourth-order valence-corrected chi connectivity index (χ4v) is 1.66. The Hall–Kier alpha value is -2.03. The minimum atomic E-state index is -0.870. The number of benzene rings is 2. The average Bonchev–Trinajstić information content (AvgIpc) is 2.22. The van der Waals surface area contributed by atoms with Gasteiger partial charge >= 0.3 is 5.97 Å². The lowest BCUT2D eigenvalue weighted by Crippen LogP contribution is -2.00. The van der Waals surface area contributed by atoms with Crippen molar-refractivity contribution in [2.75, 3.05) is 0 Å². The van der Waals surface area contributed by atoms with E-state index in [9.17, 15) is 9.90 Å². The van der Waals surface area contributed by atoms with Crippen LogP contribution in [0, 0.1) is 0 Å². The van der Waals surface area contributed by atoms with Gasteiger partial charge in [-0.05, 0) is 17.0 Å². The highest BCUT2D eigenvalue weighted by Gasteiger charge is 2.07. The van der Waals surface area contributed by atoms with Crippen LogP contribution in [0.3, 0.4) is 0 Å². The van der Waals surface area contributed by atoms with Gasteiger partial charge in [0.15, 0.2) is 0 Å². The van der Waals surface area contributed by atoms with E-state index in [2.05, 4.69) is 0 Å². The molecule has 0 aliphatic heterocycles. The molecule has 3 heteroatoms. The molecule has 0 fully saturated rings. The minimum Gasteiger partial charge on any atom is -0.507 e. The number of fused-ring (bicyclic) bond motifs is 1. The summed E-state index contributed by atoms with van der Waals surface area (Å²) in [5.74, 6) is -0.689. The highest BCUT2D eigenvalue weighted by atomic mass is 16.4. The molecule has 0 radical (unpaired) electrons. The first kappa shape index (κ1) is 9.52. The van der Waals surface area contributed by atoms with E-state index in [1.54, 1.807) is 12.1 Å². The van der Waals surface area contributed by atoms with E-state index in [0.29, 0.717) is 5.39 Å². The zero-order valence-electron chi connectivity index (χ0n) is 7.97. The molecule has 2 N–H and O–H groups in total. The highest BCUT2D eigenvalue weighted by Crippen LogP contribution is 2.27. The number of carboxylic acid groups (broad SMARTS) is 1. The van der Waals surface area contributed by atoms with E-state index in [1.165, 1.54) is 6.07 Å². The number of rotatable bonds is 2. The molecule has 2 aromatic carbocycles. The highest BCUT2D eigenvalue weighted by molar-refractivity contribution is 5.92. The molecule has 0 amide bonds. The number of carbonyl (C=O) groups is 1. The molecule has 3 nitrogen and oxygen atoms in total. The van der Waals surface area contributed by atoms with Gasteiger partial charge in [-0.15, -0.1) is 0 Å². The van der Waals surface area contributed by atoms with Gasteiger partial charge < -0.3 is 10.2 Å². The van der Waals surface area contributed by atoms with Crippen LogP contribution in [-0.2, 0) is 11.2 Å². The summed E-state index contributed by atoms with van der Waals surface area (Å²) in [5, 5.41) is 19.8. The first-order chi connectivity index (χ1) is 7.18. The van der Waals surface area contributed by atoms with Crippen molar-refractivity contribution in [1.29, 1.82) is 0 Å². The summed E-state index contributed by atoms with van der Waals surface area (Å²) in [4.78, 5) is 10.6. The van der Waals surface area contributed by atoms with Gasteiger partial charge in [-0.2, -0.15) is 0 Å². The zero-order chi connectivity index (χ0) is 10.8. The number of phenolic OH excluding ortho intramolecular Hbond substituents is 1. The van der Waals surface area contributed by atoms with E-state index < -0.39 is 5.97 Å². The maximum atomic E-state index is 10.6. The fourth-order valence-electron chi connectivity index (χ4n) is 1.66. The van der Waals surface area contributed by atoms with Crippen molar-refractivity contribution in [2.24, 2.45) is 0 Å². The molecule has 0 unspecified atom stereocenters. The smallest absolute Gasteiger partial charge is 0.307 e. The second kappa shape index (κ2) is 3.61. The summed E-state index contributed by atoms with van der Waals surface area (Å²) < 4.78 is 0. The molecule has 76 valence electrons. The third-order valence-electron chi connectivity index (χ3n) is 2.33. The Morgan fingerprint density at radius 2 is 1.73 bits per heavy atom. The van der Waals surface area contributed by atoms with Crippen LogP contribution in [0.15, 0.2) is 36.4 Å². The second-order valence-corrected chi connectivity index (χ2v) is 3.36. The van der Waals surface area contributed by atoms with Gasteiger partial charge in [0, 0.05) is 5.39 Å². The number of phenols is 1. The predicted octanol–water partition coefficient (Wildman–Crippen LogP) is 2.17. The van der Waals surface area contributed by atoms with Crippen LogP contribution < -0.4 is 0 Å². The summed E-state index contributed by atoms with van der Waals surface area (Å²) in [5.41, 5.74) is 0.718. The van der Waals surface area contributed by atoms with Crippen molar-refractivity contribution in [1.82, 2.24) is 0 Å². The number of aromatic hydroxyl groups is 1. The maximum Gasteiger partial charge on any atom is 0.307 e. The van der Waals surface area contributed by atoms with Gasteiger partial charge in [0.05, 0.1) is 6.42 Å². The molecule has 0 aliphatic carbocycles. The number of carboxylic acids is 1. The predicted molar refractivity (Wildman–Crippen MR) is 57.0 cm³/mol. The molecular formula is C12H10O3. The summed E-state index contributed by atoms with van der Waals surface area (Å²) in [6.07, 6.45) is -0.0270. The normalized spacial score (nSPS) is 10.4. The third-order valence-corrected chi connectivity index (χ3v) is 2.33. The Bertz CT molecular complexity index is 517. The fraction of sp³-hybridized carbons (Fsp3) is 0.0833. The van der Waals surface area contributed by atoms with Crippen LogP contribution in [-0.4, -0.2) is 16.2 Å². The standard InChI is InChI=1S/C12H10O3/c13-11-6-5-8(7-12(14)15)9-3-1-2-4-10(9)11/h1-6,13H,7H2,(H,14,15). The van der Waals surface area contributed by atoms with E-state index in [0.717, 1.165) is 10.9 Å². The van der Waals surface area contributed by atoms with Crippen molar-refractivity contribution < 1.29 is 15.0 Å². The summed E-state index contributed by atoms with van der Waals surface area (Å²) in [6, 6.07) is 10.4. The summed E-state index contributed by atoms with van der Waals surface area (Å²) >= 11 is 0. The van der Waals surface area contributed by atoms with Crippen LogP contribution in [0.5, 0.6) is 5.75 Å². The zero-order valence-corrected chi connectivity index (χ0v) is 7.97. The van der Waals surface area contributed by atoms with Gasteiger partial charge in [0.2, 0.25) is 0 Å². The van der Waals surface area contributed by atoms with Crippen molar-refractivity contribution in [3.63, 3.8) is 0 Å². The molecule has 2 aromatic rings. The van der Waals surface area contributed by atoms with Crippen LogP contribution in [0.1, 0.15) is 5.56 Å². The quantitative estimate of drug-likeness (QED) is 0.784. The second-order valence-electron chi connectivity index (χ2n) is 3.36. The van der Waals surface area contributed by atoms with E-state index in [1.807, 2.05) is 18.2 Å². The monoisotopic (exact) mass is 202 g/mol. The largest absolute Gasteiger partial charge is 0.507 e. The summed E-state index contributed by atoms with van der Waals surface area (Å²) in [6.45, 7) is 0. The molecule has 2 rings (SSSR count). The number of aliphatic carboxylic acids is 1. The Morgan fingerprint density at radius 3 is 2.40 bits per heavy atom. The van der Waals surface area contributed by atoms with Gasteiger partial charge in [-0.25, -0.2) is 0 Å². The minimum absolute atomic E-state index is 0.0270. The topological polar surface area (TPSA) is 57.5 Å². The lowest BCUT2D eigenvalue weighted by molar-refractivity contribution is -0.136. The van der Waals surface area contributed by atoms with Crippen molar-refractivity contribution in [3.8, 4) is 5.75 Å². The Balaban J connectivity index is 2.66. The van der Waals surface area contributed by atoms with Gasteiger partial charge in [-0.3, -0.25) is 4.79 Å². The first-order valence-electron chi connectivity index (χ1n) is 4.60. The van der Waals surface area contributed by atoms with Crippen molar-refractivity contribution in [2.45, 2.75) is 6.42 Å². The number of hydrogen-bond acceptors (Lipinski definition) is 2.